The van der Waals surface area contributed by atoms with E-state index >= 15 is 0 Å². The number of halogens is 1. The molecule has 0 aromatic rings. The molecule has 1 nitrogen and oxygen atoms in total. The summed E-state index contributed by atoms with van der Waals surface area (Å²) in [6.07, 6.45) is 16.5. The molecule has 0 aromatic heterocycles. The fourth-order valence-electron chi connectivity index (χ4n) is 8.06. The summed E-state index contributed by atoms with van der Waals surface area (Å²) < 4.78 is 5.39. The zero-order valence-corrected chi connectivity index (χ0v) is 17.3. The van der Waals surface area contributed by atoms with Gasteiger partial charge in [-0.05, 0) is 98.2 Å². The van der Waals surface area contributed by atoms with Gasteiger partial charge in [0.05, 0.1) is 6.61 Å². The fourth-order valence-corrected chi connectivity index (χ4v) is 8.32. The van der Waals surface area contributed by atoms with Crippen LogP contribution in [0.1, 0.15) is 84.5 Å². The lowest BCUT2D eigenvalue weighted by Crippen LogP contribution is -2.52. The van der Waals surface area contributed by atoms with E-state index in [9.17, 15) is 0 Å². The van der Waals surface area contributed by atoms with Gasteiger partial charge in [0.15, 0.2) is 0 Å². The Bertz CT molecular complexity index is 438. The predicted molar refractivity (Wildman–Crippen MR) is 104 cm³/mol. The van der Waals surface area contributed by atoms with Gasteiger partial charge in [0.2, 0.25) is 0 Å². The third-order valence-electron chi connectivity index (χ3n) is 9.32. The third-order valence-corrected chi connectivity index (χ3v) is 9.76. The van der Waals surface area contributed by atoms with Gasteiger partial charge < -0.3 is 3.07 Å². The Morgan fingerprint density at radius 3 is 2.52 bits per heavy atom. The highest BCUT2D eigenvalue weighted by molar-refractivity contribution is 14.1. The Kier molecular flexibility index (Phi) is 4.80. The van der Waals surface area contributed by atoms with Crippen molar-refractivity contribution in [1.82, 2.24) is 0 Å². The van der Waals surface area contributed by atoms with Crippen molar-refractivity contribution >= 4 is 23.0 Å². The van der Waals surface area contributed by atoms with Crippen LogP contribution in [-0.2, 0) is 3.07 Å². The molecular formula is C21H35IO. The molecule has 23 heavy (non-hydrogen) atoms. The lowest BCUT2D eigenvalue weighted by Gasteiger charge is -2.60. The van der Waals surface area contributed by atoms with Gasteiger partial charge in [-0.2, -0.15) is 0 Å². The fraction of sp³-hybridized carbons (Fsp3) is 1.00. The smallest absolute Gasteiger partial charge is 0.109 e. The summed E-state index contributed by atoms with van der Waals surface area (Å²) in [6.45, 7) is 6.32. The predicted octanol–water partition coefficient (Wildman–Crippen LogP) is 6.79. The highest BCUT2D eigenvalue weighted by atomic mass is 127. The molecule has 0 aliphatic heterocycles. The van der Waals surface area contributed by atoms with Crippen LogP contribution in [0, 0.1) is 40.4 Å². The van der Waals surface area contributed by atoms with Crippen molar-refractivity contribution < 1.29 is 3.07 Å². The molecule has 4 rings (SSSR count). The summed E-state index contributed by atoms with van der Waals surface area (Å²) in [5.41, 5.74) is 1.33. The zero-order valence-electron chi connectivity index (χ0n) is 15.2. The van der Waals surface area contributed by atoms with Gasteiger partial charge in [0.25, 0.3) is 0 Å². The maximum absolute atomic E-state index is 5.39. The first-order chi connectivity index (χ1) is 11.1. The van der Waals surface area contributed by atoms with Gasteiger partial charge in [-0.15, -0.1) is 0 Å². The minimum Gasteiger partial charge on any atom is -0.316 e. The van der Waals surface area contributed by atoms with E-state index in [1.165, 1.54) is 57.8 Å². The lowest BCUT2D eigenvalue weighted by atomic mass is 9.45. The second kappa shape index (κ2) is 6.45. The lowest BCUT2D eigenvalue weighted by molar-refractivity contribution is -0.111. The van der Waals surface area contributed by atoms with Gasteiger partial charge in [-0.1, -0.05) is 26.7 Å². The van der Waals surface area contributed by atoms with E-state index in [0.717, 1.165) is 36.2 Å². The minimum absolute atomic E-state index is 0.633. The maximum atomic E-state index is 5.39. The van der Waals surface area contributed by atoms with E-state index in [1.807, 2.05) is 0 Å². The van der Waals surface area contributed by atoms with Gasteiger partial charge in [0.1, 0.15) is 23.0 Å². The van der Waals surface area contributed by atoms with Crippen LogP contribution in [0.25, 0.3) is 0 Å². The second-order valence-electron chi connectivity index (χ2n) is 9.82. The Hall–Kier alpha value is 0.690. The summed E-state index contributed by atoms with van der Waals surface area (Å²) in [6, 6.07) is 0. The van der Waals surface area contributed by atoms with E-state index < -0.39 is 0 Å². The van der Waals surface area contributed by atoms with Crippen LogP contribution in [0.5, 0.6) is 0 Å². The molecular weight excluding hydrogens is 395 g/mol. The van der Waals surface area contributed by atoms with Crippen molar-refractivity contribution in [3.63, 3.8) is 0 Å². The monoisotopic (exact) mass is 430 g/mol. The normalized spacial score (nSPS) is 52.6. The van der Waals surface area contributed by atoms with Gasteiger partial charge in [0, 0.05) is 0 Å². The Morgan fingerprint density at radius 1 is 0.870 bits per heavy atom. The number of rotatable bonds is 3. The highest BCUT2D eigenvalue weighted by Gasteiger charge is 2.59. The molecule has 2 heteroatoms. The Balaban J connectivity index is 1.55. The van der Waals surface area contributed by atoms with E-state index in [-0.39, 0.29) is 0 Å². The molecule has 4 aliphatic rings. The summed E-state index contributed by atoms with van der Waals surface area (Å²) in [4.78, 5) is 0. The molecule has 4 saturated carbocycles. The SMILES string of the molecule is CC12CCCCC1CCC1C2CCC2(C)C1CC[C@@H]2CCOI. The van der Waals surface area contributed by atoms with Crippen LogP contribution in [0.4, 0.5) is 0 Å². The first kappa shape index (κ1) is 17.1. The van der Waals surface area contributed by atoms with Gasteiger partial charge in [-0.3, -0.25) is 0 Å². The summed E-state index contributed by atoms with van der Waals surface area (Å²) in [5.74, 6) is 5.13. The average molecular weight is 430 g/mol. The van der Waals surface area contributed by atoms with Crippen LogP contribution < -0.4 is 0 Å². The summed E-state index contributed by atoms with van der Waals surface area (Å²) >= 11 is 2.08. The molecule has 0 N–H and O–H groups in total. The minimum atomic E-state index is 0.633. The topological polar surface area (TPSA) is 9.23 Å². The summed E-state index contributed by atoms with van der Waals surface area (Å²) in [5, 5.41) is 0. The Morgan fingerprint density at radius 2 is 1.70 bits per heavy atom. The van der Waals surface area contributed by atoms with Crippen molar-refractivity contribution in [1.29, 1.82) is 0 Å². The molecule has 4 aliphatic carbocycles. The molecule has 0 amide bonds. The Labute approximate surface area is 157 Å². The van der Waals surface area contributed by atoms with Crippen LogP contribution >= 0.6 is 23.0 Å². The van der Waals surface area contributed by atoms with Crippen molar-refractivity contribution in [3.05, 3.63) is 0 Å². The van der Waals surface area contributed by atoms with Crippen molar-refractivity contribution in [2.45, 2.75) is 84.5 Å². The van der Waals surface area contributed by atoms with E-state index in [2.05, 4.69) is 36.9 Å². The first-order valence-corrected chi connectivity index (χ1v) is 11.2. The van der Waals surface area contributed by atoms with E-state index in [1.54, 1.807) is 12.8 Å². The molecule has 0 bridgehead atoms. The molecule has 0 spiro atoms. The summed E-state index contributed by atoms with van der Waals surface area (Å²) in [7, 11) is 0. The molecule has 7 atom stereocenters. The first-order valence-electron chi connectivity index (χ1n) is 10.3. The molecule has 4 fully saturated rings. The standard InChI is InChI=1S/C21H35IO/c1-20-12-4-3-5-15(20)6-8-17-18-9-7-16(11-14-23-22)21(18,2)13-10-19(17)20/h15-19H,3-14H2,1-2H3/t15?,16-,17?,18?,19?,20?,21?/m1/s1. The molecule has 132 valence electrons. The largest absolute Gasteiger partial charge is 0.316 e. The van der Waals surface area contributed by atoms with Crippen LogP contribution in [0.3, 0.4) is 0 Å². The van der Waals surface area contributed by atoms with Crippen LogP contribution in [0.15, 0.2) is 0 Å². The van der Waals surface area contributed by atoms with Crippen molar-refractivity contribution in [3.8, 4) is 0 Å². The van der Waals surface area contributed by atoms with Crippen LogP contribution in [0.2, 0.25) is 0 Å². The number of fused-ring (bicyclic) bond motifs is 5. The van der Waals surface area contributed by atoms with Crippen molar-refractivity contribution in [2.75, 3.05) is 6.61 Å². The average Bonchev–Trinajstić information content (AvgIpc) is 2.89. The van der Waals surface area contributed by atoms with Gasteiger partial charge >= 0.3 is 0 Å². The quantitative estimate of drug-likeness (QED) is 0.448. The molecule has 6 unspecified atom stereocenters. The number of hydrogen-bond acceptors (Lipinski definition) is 1. The van der Waals surface area contributed by atoms with Crippen LogP contribution in [-0.4, -0.2) is 6.61 Å². The molecule has 0 heterocycles. The van der Waals surface area contributed by atoms with E-state index in [0.29, 0.717) is 10.8 Å². The zero-order chi connectivity index (χ0) is 16.1. The molecule has 0 saturated heterocycles. The van der Waals surface area contributed by atoms with E-state index in [4.69, 9.17) is 3.07 Å². The highest BCUT2D eigenvalue weighted by Crippen LogP contribution is 2.67. The van der Waals surface area contributed by atoms with Gasteiger partial charge in [-0.25, -0.2) is 0 Å². The maximum Gasteiger partial charge on any atom is 0.109 e. The number of hydrogen-bond donors (Lipinski definition) is 0. The molecule has 0 aromatic carbocycles. The third kappa shape index (κ3) is 2.64. The van der Waals surface area contributed by atoms with Crippen molar-refractivity contribution in [2.24, 2.45) is 40.4 Å². The molecule has 0 radical (unpaired) electrons. The second-order valence-corrected chi connectivity index (χ2v) is 10.4.